The molecule has 2 N–H and O–H groups in total. The number of aromatic amines is 1. The summed E-state index contributed by atoms with van der Waals surface area (Å²) in [6, 6.07) is 11.5. The van der Waals surface area contributed by atoms with Crippen LogP contribution in [0.2, 0.25) is 0 Å². The fraction of sp³-hybridized carbons (Fsp3) is 0.556. The molecule has 0 bridgehead atoms. The number of rotatable bonds is 5. The zero-order valence-corrected chi connectivity index (χ0v) is 13.9. The zero-order valence-electron chi connectivity index (χ0n) is 13.1. The minimum Gasteiger partial charge on any atom is -0.350 e. The van der Waals surface area contributed by atoms with Crippen LogP contribution in [-0.4, -0.2) is 22.8 Å². The summed E-state index contributed by atoms with van der Waals surface area (Å²) in [6.45, 7) is 5.79. The van der Waals surface area contributed by atoms with E-state index in [4.69, 9.17) is 0 Å². The van der Waals surface area contributed by atoms with Crippen LogP contribution < -0.4 is 5.32 Å². The van der Waals surface area contributed by atoms with Gasteiger partial charge in [0.15, 0.2) is 0 Å². The van der Waals surface area contributed by atoms with E-state index in [1.54, 1.807) is 0 Å². The second-order valence-corrected chi connectivity index (χ2v) is 7.64. The van der Waals surface area contributed by atoms with Crippen molar-refractivity contribution >= 4 is 22.7 Å². The van der Waals surface area contributed by atoms with E-state index in [1.807, 2.05) is 11.8 Å². The van der Waals surface area contributed by atoms with Crippen LogP contribution in [0.25, 0.3) is 10.9 Å². The molecule has 2 aromatic rings. The van der Waals surface area contributed by atoms with Crippen molar-refractivity contribution in [2.45, 2.75) is 55.8 Å². The lowest BCUT2D eigenvalue weighted by Gasteiger charge is -2.34. The lowest BCUT2D eigenvalue weighted by Crippen LogP contribution is -2.42. The van der Waals surface area contributed by atoms with Gasteiger partial charge in [0.25, 0.3) is 0 Å². The van der Waals surface area contributed by atoms with Gasteiger partial charge in [-0.1, -0.05) is 32.0 Å². The summed E-state index contributed by atoms with van der Waals surface area (Å²) in [5, 5.41) is 7.09. The first kappa shape index (κ1) is 15.0. The summed E-state index contributed by atoms with van der Waals surface area (Å²) in [5.41, 5.74) is 1.25. The molecular weight excluding hydrogens is 276 g/mol. The van der Waals surface area contributed by atoms with E-state index in [9.17, 15) is 0 Å². The highest BCUT2D eigenvalue weighted by Gasteiger charge is 2.29. The molecular formula is C18H26N2S. The molecule has 1 aromatic heterocycles. The molecule has 0 radical (unpaired) electrons. The molecule has 1 aliphatic rings. The van der Waals surface area contributed by atoms with Crippen molar-refractivity contribution in [3.63, 3.8) is 0 Å². The van der Waals surface area contributed by atoms with Gasteiger partial charge in [0.1, 0.15) is 0 Å². The Hall–Kier alpha value is -0.930. The number of hydrogen-bond donors (Lipinski definition) is 2. The SMILES string of the molecule is CCCNC1CCC(C)CC1Sc1cc2ccccc2[nH]1. The zero-order chi connectivity index (χ0) is 14.7. The number of para-hydroxylation sites is 1. The van der Waals surface area contributed by atoms with E-state index < -0.39 is 0 Å². The van der Waals surface area contributed by atoms with E-state index in [1.165, 1.54) is 41.6 Å². The van der Waals surface area contributed by atoms with Gasteiger partial charge in [-0.3, -0.25) is 0 Å². The number of benzene rings is 1. The average molecular weight is 302 g/mol. The molecule has 3 unspecified atom stereocenters. The van der Waals surface area contributed by atoms with Gasteiger partial charge in [0.2, 0.25) is 0 Å². The van der Waals surface area contributed by atoms with Crippen molar-refractivity contribution in [2.75, 3.05) is 6.54 Å². The van der Waals surface area contributed by atoms with Gasteiger partial charge < -0.3 is 10.3 Å². The molecule has 3 heteroatoms. The minimum atomic E-state index is 0.664. The molecule has 1 heterocycles. The number of hydrogen-bond acceptors (Lipinski definition) is 2. The highest BCUT2D eigenvalue weighted by atomic mass is 32.2. The van der Waals surface area contributed by atoms with Crippen molar-refractivity contribution in [1.82, 2.24) is 10.3 Å². The summed E-state index contributed by atoms with van der Waals surface area (Å²) in [7, 11) is 0. The number of H-pyrrole nitrogens is 1. The first-order chi connectivity index (χ1) is 10.3. The third-order valence-electron chi connectivity index (χ3n) is 4.49. The van der Waals surface area contributed by atoms with E-state index >= 15 is 0 Å². The van der Waals surface area contributed by atoms with Gasteiger partial charge in [-0.15, -0.1) is 11.8 Å². The highest BCUT2D eigenvalue weighted by molar-refractivity contribution is 7.99. The molecule has 21 heavy (non-hydrogen) atoms. The van der Waals surface area contributed by atoms with Crippen LogP contribution in [0.1, 0.15) is 39.5 Å². The fourth-order valence-electron chi connectivity index (χ4n) is 3.30. The van der Waals surface area contributed by atoms with Crippen LogP contribution >= 0.6 is 11.8 Å². The predicted octanol–water partition coefficient (Wildman–Crippen LogP) is 4.82. The van der Waals surface area contributed by atoms with Crippen LogP contribution in [0.4, 0.5) is 0 Å². The molecule has 1 aliphatic carbocycles. The molecule has 1 aromatic carbocycles. The Morgan fingerprint density at radius 1 is 1.29 bits per heavy atom. The highest BCUT2D eigenvalue weighted by Crippen LogP contribution is 2.37. The van der Waals surface area contributed by atoms with Gasteiger partial charge >= 0.3 is 0 Å². The second kappa shape index (κ2) is 6.89. The van der Waals surface area contributed by atoms with Crippen molar-refractivity contribution < 1.29 is 0 Å². The van der Waals surface area contributed by atoms with Gasteiger partial charge in [0, 0.05) is 22.2 Å². The summed E-state index contributed by atoms with van der Waals surface area (Å²) in [6.07, 6.45) is 5.22. The Balaban J connectivity index is 1.73. The van der Waals surface area contributed by atoms with Crippen molar-refractivity contribution in [1.29, 1.82) is 0 Å². The summed E-state index contributed by atoms with van der Waals surface area (Å²) < 4.78 is 0. The molecule has 0 spiro atoms. The van der Waals surface area contributed by atoms with Crippen LogP contribution in [0.5, 0.6) is 0 Å². The standard InChI is InChI=1S/C18H26N2S/c1-3-10-19-16-9-8-13(2)11-17(16)21-18-12-14-6-4-5-7-15(14)20-18/h4-7,12-13,16-17,19-20H,3,8-11H2,1-2H3. The molecule has 1 saturated carbocycles. The normalized spacial score (nSPS) is 26.3. The van der Waals surface area contributed by atoms with Crippen LogP contribution in [0.3, 0.4) is 0 Å². The number of thioether (sulfide) groups is 1. The molecule has 2 nitrogen and oxygen atoms in total. The van der Waals surface area contributed by atoms with Crippen molar-refractivity contribution in [3.05, 3.63) is 30.3 Å². The molecule has 3 rings (SSSR count). The number of nitrogens with one attached hydrogen (secondary N) is 2. The van der Waals surface area contributed by atoms with Gasteiger partial charge in [-0.05, 0) is 50.3 Å². The van der Waals surface area contributed by atoms with Gasteiger partial charge in [-0.25, -0.2) is 0 Å². The number of aromatic nitrogens is 1. The van der Waals surface area contributed by atoms with Crippen LogP contribution in [-0.2, 0) is 0 Å². The van der Waals surface area contributed by atoms with Crippen molar-refractivity contribution in [2.24, 2.45) is 5.92 Å². The summed E-state index contributed by atoms with van der Waals surface area (Å²) in [4.78, 5) is 3.57. The van der Waals surface area contributed by atoms with E-state index in [0.29, 0.717) is 11.3 Å². The first-order valence-electron chi connectivity index (χ1n) is 8.24. The minimum absolute atomic E-state index is 0.664. The Kier molecular flexibility index (Phi) is 4.91. The van der Waals surface area contributed by atoms with Gasteiger partial charge in [-0.2, -0.15) is 0 Å². The Morgan fingerprint density at radius 3 is 2.95 bits per heavy atom. The monoisotopic (exact) mass is 302 g/mol. The Bertz CT molecular complexity index is 542. The topological polar surface area (TPSA) is 27.8 Å². The van der Waals surface area contributed by atoms with E-state index in [-0.39, 0.29) is 0 Å². The first-order valence-corrected chi connectivity index (χ1v) is 9.12. The number of fused-ring (bicyclic) bond motifs is 1. The third-order valence-corrected chi connectivity index (χ3v) is 5.79. The maximum atomic E-state index is 3.76. The molecule has 0 amide bonds. The Morgan fingerprint density at radius 2 is 2.14 bits per heavy atom. The fourth-order valence-corrected chi connectivity index (χ4v) is 4.81. The van der Waals surface area contributed by atoms with Crippen LogP contribution in [0, 0.1) is 5.92 Å². The second-order valence-electron chi connectivity index (χ2n) is 6.36. The third kappa shape index (κ3) is 3.64. The molecule has 0 saturated heterocycles. The lowest BCUT2D eigenvalue weighted by atomic mass is 9.87. The van der Waals surface area contributed by atoms with Gasteiger partial charge in [0.05, 0.1) is 5.03 Å². The molecule has 3 atom stereocenters. The van der Waals surface area contributed by atoms with Crippen molar-refractivity contribution in [3.8, 4) is 0 Å². The quantitative estimate of drug-likeness (QED) is 0.829. The molecule has 1 fully saturated rings. The maximum absolute atomic E-state index is 3.76. The maximum Gasteiger partial charge on any atom is 0.0735 e. The molecule has 0 aliphatic heterocycles. The summed E-state index contributed by atoms with van der Waals surface area (Å²) >= 11 is 2.03. The predicted molar refractivity (Wildman–Crippen MR) is 93.0 cm³/mol. The lowest BCUT2D eigenvalue weighted by molar-refractivity contribution is 0.317. The molecule has 114 valence electrons. The van der Waals surface area contributed by atoms with Crippen LogP contribution in [0.15, 0.2) is 35.4 Å². The average Bonchev–Trinajstić information content (AvgIpc) is 2.88. The Labute approximate surface area is 132 Å². The van der Waals surface area contributed by atoms with E-state index in [0.717, 1.165) is 12.5 Å². The van der Waals surface area contributed by atoms with E-state index in [2.05, 4.69) is 54.5 Å². The summed E-state index contributed by atoms with van der Waals surface area (Å²) in [5.74, 6) is 0.853. The smallest absolute Gasteiger partial charge is 0.0735 e. The largest absolute Gasteiger partial charge is 0.350 e.